The summed E-state index contributed by atoms with van der Waals surface area (Å²) in [5, 5.41) is 33.2. The Labute approximate surface area is 421 Å². The lowest BCUT2D eigenvalue weighted by Gasteiger charge is -2.42. The molecule has 0 aromatic carbocycles. The normalized spacial score (nSPS) is 43.9. The Kier molecular flexibility index (Phi) is 19.0. The molecule has 1 unspecified atom stereocenters. The molecule has 1 aliphatic carbocycles. The molecule has 15 nitrogen and oxygen atoms in total. The van der Waals surface area contributed by atoms with Crippen molar-refractivity contribution in [2.75, 3.05) is 41.0 Å². The maximum Gasteiger partial charge on any atom is 0.329 e. The van der Waals surface area contributed by atoms with E-state index in [4.69, 9.17) is 35.3 Å². The van der Waals surface area contributed by atoms with E-state index in [9.17, 15) is 42.0 Å². The number of ketones is 3. The SMILES string of the molecule is [2H]C([2H])(CO)O[C@@H]1CC[C@@H](C[C@@H](C)[C@@H]2CC(=O)[C@H](C([2H])([2H])[2H])/C=C(\C)[C@@H](O)[C@@H](OC)C(=O)[C@H](C)C([2H])(C)[C@]([2H])(C)/C=C/C=C/C=C(\C)[C@@H](OC)C[C@@H]3CC[C@@H](C)[C@@](O)(O3)C(=O)C(=O)N3CCCC[C@H]3C(=O)O2)C[C@H]1OC. The number of Topliss-reactive ketones (excluding diaryl/α,β-unsaturated/α-hetero) is 3. The van der Waals surface area contributed by atoms with Crippen LogP contribution in [0.2, 0.25) is 0 Å². The number of rotatable bonds is 9. The van der Waals surface area contributed by atoms with Crippen LogP contribution in [-0.2, 0) is 52.4 Å². The lowest BCUT2D eigenvalue weighted by Crippen LogP contribution is -2.61. The first-order chi connectivity index (χ1) is 35.3. The monoisotopic (exact) mass is 979 g/mol. The van der Waals surface area contributed by atoms with Crippen molar-refractivity contribution in [2.24, 2.45) is 41.4 Å². The third-order valence-corrected chi connectivity index (χ3v) is 14.9. The molecule has 15 heteroatoms. The van der Waals surface area contributed by atoms with Crippen LogP contribution in [0.1, 0.15) is 136 Å². The third kappa shape index (κ3) is 15.3. The molecule has 0 aromatic rings. The summed E-state index contributed by atoms with van der Waals surface area (Å²) in [6.45, 7) is 4.52. The zero-order valence-electron chi connectivity index (χ0n) is 49.4. The van der Waals surface area contributed by atoms with Crippen LogP contribution in [0.5, 0.6) is 0 Å². The molecule has 16 atom stereocenters. The fourth-order valence-corrected chi connectivity index (χ4v) is 10.0. The van der Waals surface area contributed by atoms with Crippen molar-refractivity contribution in [1.82, 2.24) is 4.90 Å². The van der Waals surface area contributed by atoms with Gasteiger partial charge in [0.1, 0.15) is 30.1 Å². The molecule has 0 radical (unpaired) electrons. The minimum absolute atomic E-state index is 0.0485. The number of hydrogen-bond acceptors (Lipinski definition) is 14. The quantitative estimate of drug-likeness (QED) is 0.129. The van der Waals surface area contributed by atoms with Crippen molar-refractivity contribution in [3.8, 4) is 0 Å². The van der Waals surface area contributed by atoms with Gasteiger partial charge in [-0.25, -0.2) is 4.79 Å². The van der Waals surface area contributed by atoms with Gasteiger partial charge in [0.15, 0.2) is 5.78 Å². The molecule has 0 aromatic heterocycles. The van der Waals surface area contributed by atoms with E-state index >= 15 is 0 Å². The highest BCUT2D eigenvalue weighted by atomic mass is 16.6. The molecule has 3 aliphatic heterocycles. The Hall–Kier alpha value is -3.41. The highest BCUT2D eigenvalue weighted by molar-refractivity contribution is 6.39. The zero-order chi connectivity index (χ0) is 57.3. The van der Waals surface area contributed by atoms with Crippen LogP contribution >= 0.6 is 0 Å². The number of aliphatic hydroxyl groups is 3. The fraction of sp³-hybridized carbons (Fsp3) is 0.759. The number of aliphatic hydroxyl groups excluding tert-OH is 2. The summed E-state index contributed by atoms with van der Waals surface area (Å²) in [5.74, 6) is -15.9. The van der Waals surface area contributed by atoms with Gasteiger partial charge in [-0.3, -0.25) is 19.2 Å². The van der Waals surface area contributed by atoms with Gasteiger partial charge in [0, 0.05) is 65.3 Å². The number of esters is 1. The maximum atomic E-state index is 14.6. The summed E-state index contributed by atoms with van der Waals surface area (Å²) < 4.78 is 94.9. The molecule has 69 heavy (non-hydrogen) atoms. The van der Waals surface area contributed by atoms with Gasteiger partial charge in [-0.05, 0) is 106 Å². The Morgan fingerprint density at radius 1 is 0.928 bits per heavy atom. The lowest BCUT2D eigenvalue weighted by atomic mass is 9.78. The molecule has 3 heterocycles. The van der Waals surface area contributed by atoms with Crippen LogP contribution in [0.25, 0.3) is 0 Å². The van der Waals surface area contributed by atoms with Gasteiger partial charge >= 0.3 is 5.97 Å². The number of ether oxygens (including phenoxy) is 6. The lowest BCUT2D eigenvalue weighted by molar-refractivity contribution is -0.265. The minimum Gasteiger partial charge on any atom is -0.460 e. The van der Waals surface area contributed by atoms with E-state index in [1.807, 2.05) is 6.92 Å². The molecule has 3 N–H and O–H groups in total. The number of fused-ring (bicyclic) bond motifs is 3. The summed E-state index contributed by atoms with van der Waals surface area (Å²) in [4.78, 5) is 73.2. The number of carbonyl (C=O) groups excluding carboxylic acids is 5. The van der Waals surface area contributed by atoms with Crippen molar-refractivity contribution in [1.29, 1.82) is 0 Å². The summed E-state index contributed by atoms with van der Waals surface area (Å²) >= 11 is 0. The van der Waals surface area contributed by atoms with E-state index in [1.165, 1.54) is 55.1 Å². The van der Waals surface area contributed by atoms with Crippen LogP contribution in [0, 0.1) is 41.4 Å². The largest absolute Gasteiger partial charge is 0.460 e. The van der Waals surface area contributed by atoms with Gasteiger partial charge in [0.2, 0.25) is 5.79 Å². The second-order valence-corrected chi connectivity index (χ2v) is 19.6. The van der Waals surface area contributed by atoms with E-state index in [-0.39, 0.29) is 30.9 Å². The number of cyclic esters (lactones) is 1. The Bertz CT molecular complexity index is 2150. The average Bonchev–Trinajstić information content (AvgIpc) is 3.36. The summed E-state index contributed by atoms with van der Waals surface area (Å²) in [6.07, 6.45) is 4.44. The second kappa shape index (κ2) is 27.4. The Balaban J connectivity index is 1.82. The van der Waals surface area contributed by atoms with Crippen molar-refractivity contribution in [3.63, 3.8) is 0 Å². The van der Waals surface area contributed by atoms with Crippen LogP contribution in [0.4, 0.5) is 0 Å². The van der Waals surface area contributed by atoms with E-state index < -0.39 is 146 Å². The first-order valence-corrected chi connectivity index (χ1v) is 24.6. The third-order valence-electron chi connectivity index (χ3n) is 14.9. The predicted molar refractivity (Wildman–Crippen MR) is 261 cm³/mol. The molecule has 2 bridgehead atoms. The Morgan fingerprint density at radius 2 is 1.67 bits per heavy atom. The Morgan fingerprint density at radius 3 is 2.33 bits per heavy atom. The molecule has 390 valence electrons. The molecule has 4 aliphatic rings. The highest BCUT2D eigenvalue weighted by Crippen LogP contribution is 2.38. The number of allylic oxidation sites excluding steroid dienone is 6. The average molecular weight is 979 g/mol. The number of nitrogens with zero attached hydrogens (tertiary/aromatic N) is 1. The highest BCUT2D eigenvalue weighted by Gasteiger charge is 2.53. The van der Waals surface area contributed by atoms with Gasteiger partial charge in [0.05, 0.1) is 40.3 Å². The van der Waals surface area contributed by atoms with Gasteiger partial charge in [-0.1, -0.05) is 77.9 Å². The minimum atomic E-state index is -3.03. The van der Waals surface area contributed by atoms with Crippen molar-refractivity contribution >= 4 is 29.2 Å². The topological polar surface area (TPSA) is 205 Å². The zero-order valence-corrected chi connectivity index (χ0v) is 42.4. The summed E-state index contributed by atoms with van der Waals surface area (Å²) in [7, 11) is 4.11. The molecule has 2 saturated heterocycles. The first-order valence-electron chi connectivity index (χ1n) is 28.1. The molecule has 4 rings (SSSR count). The number of hydrogen-bond donors (Lipinski definition) is 3. The predicted octanol–water partition coefficient (Wildman–Crippen LogP) is 6.44. The van der Waals surface area contributed by atoms with Gasteiger partial charge in [-0.15, -0.1) is 0 Å². The van der Waals surface area contributed by atoms with Crippen molar-refractivity contribution in [2.45, 2.75) is 181 Å². The van der Waals surface area contributed by atoms with Crippen LogP contribution in [0.15, 0.2) is 47.6 Å². The molecular weight excluding hydrogens is 887 g/mol. The number of piperidine rings is 1. The maximum absolute atomic E-state index is 14.6. The molecule has 3 fully saturated rings. The molecule has 0 spiro atoms. The smallest absolute Gasteiger partial charge is 0.329 e. The summed E-state index contributed by atoms with van der Waals surface area (Å²) in [5.41, 5.74) is 0.628. The fourth-order valence-electron chi connectivity index (χ4n) is 10.0. The van der Waals surface area contributed by atoms with Crippen LogP contribution in [0.3, 0.4) is 0 Å². The van der Waals surface area contributed by atoms with Gasteiger partial charge in [0.25, 0.3) is 11.7 Å². The standard InChI is InChI=1S/C54H85NO14/c1-32-17-13-12-14-18-33(2)45(64-9)30-41-22-20-37(6)54(63,69-41)51(60)52(61)55-24-16-15-19-42(55)53(62)68-46(35(4)28-40-21-23-44(67-26-25-56)47(29-40)65-10)31-43(57)34(3)27-36(5)48(58)50(66-11)49(59)39(8)38(32)7/h12-14,17-18,27,32,34-35,37-42,44-48,50,56,58,63H,15-16,19-26,28-31H2,1-11H3/b14-12+,17-13+,33-18+,36-27+/t32-,34-,35-,37-,38?,39-,40+,41+,42+,44-,45+,46+,47-,48-,50-,54-/m1/s1/i3D3,26D2,32D,38D. The van der Waals surface area contributed by atoms with Gasteiger partial charge < -0.3 is 48.6 Å². The van der Waals surface area contributed by atoms with E-state index in [1.54, 1.807) is 38.2 Å². The number of carbonyl (C=O) groups is 5. The number of amides is 1. The molecular formula is C54H85NO14. The first kappa shape index (κ1) is 47.9. The molecule has 1 saturated carbocycles. The van der Waals surface area contributed by atoms with Crippen molar-refractivity contribution in [3.05, 3.63) is 47.6 Å². The van der Waals surface area contributed by atoms with Crippen LogP contribution < -0.4 is 0 Å². The van der Waals surface area contributed by atoms with E-state index in [2.05, 4.69) is 0 Å². The van der Waals surface area contributed by atoms with Crippen molar-refractivity contribution < 1.29 is 77.3 Å². The van der Waals surface area contributed by atoms with Crippen LogP contribution in [-0.4, -0.2) is 145 Å². The number of methoxy groups -OCH3 is 3. The molecule has 1 amide bonds. The second-order valence-electron chi connectivity index (χ2n) is 19.6. The van der Waals surface area contributed by atoms with E-state index in [0.717, 1.165) is 16.5 Å². The van der Waals surface area contributed by atoms with E-state index in [0.29, 0.717) is 51.4 Å². The van der Waals surface area contributed by atoms with Gasteiger partial charge in [-0.2, -0.15) is 0 Å². The summed E-state index contributed by atoms with van der Waals surface area (Å²) in [6, 6.07) is -1.34.